The van der Waals surface area contributed by atoms with Gasteiger partial charge in [-0.1, -0.05) is 13.0 Å². The molecule has 27 heavy (non-hydrogen) atoms. The van der Waals surface area contributed by atoms with E-state index in [1.165, 1.54) is 19.6 Å². The van der Waals surface area contributed by atoms with Gasteiger partial charge >= 0.3 is 11.9 Å². The van der Waals surface area contributed by atoms with E-state index in [0.29, 0.717) is 25.0 Å². The fraction of sp³-hybridized carbons (Fsp3) is 0.571. The predicted molar refractivity (Wildman–Crippen MR) is 94.7 cm³/mol. The highest BCUT2D eigenvalue weighted by Crippen LogP contribution is 2.64. The van der Waals surface area contributed by atoms with E-state index in [1.807, 2.05) is 13.0 Å². The zero-order valence-electron chi connectivity index (χ0n) is 15.7. The Balaban J connectivity index is 1.75. The summed E-state index contributed by atoms with van der Waals surface area (Å²) in [5.41, 5.74) is 0.229. The molecule has 144 valence electrons. The zero-order chi connectivity index (χ0) is 19.2. The molecule has 0 radical (unpaired) electrons. The van der Waals surface area contributed by atoms with Crippen molar-refractivity contribution in [3.8, 4) is 0 Å². The van der Waals surface area contributed by atoms with Crippen LogP contribution in [0.25, 0.3) is 0 Å². The molecule has 2 fully saturated rings. The summed E-state index contributed by atoms with van der Waals surface area (Å²) in [5.74, 6) is -0.971. The first kappa shape index (κ1) is 18.0. The second-order valence-electron chi connectivity index (χ2n) is 8.21. The molecule has 4 rings (SSSR count). The molecule has 6 nitrogen and oxygen atoms in total. The van der Waals surface area contributed by atoms with E-state index in [0.717, 1.165) is 18.4 Å². The van der Waals surface area contributed by atoms with Gasteiger partial charge in [0.25, 0.3) is 0 Å². The van der Waals surface area contributed by atoms with Gasteiger partial charge in [-0.2, -0.15) is 0 Å². The van der Waals surface area contributed by atoms with E-state index in [2.05, 4.69) is 0 Å². The molecule has 0 aromatic carbocycles. The monoisotopic (exact) mass is 372 g/mol. The van der Waals surface area contributed by atoms with Crippen LogP contribution in [0.15, 0.2) is 34.7 Å². The van der Waals surface area contributed by atoms with E-state index >= 15 is 0 Å². The Kier molecular flexibility index (Phi) is 4.24. The minimum Gasteiger partial charge on any atom is -0.472 e. The number of furan rings is 1. The van der Waals surface area contributed by atoms with E-state index < -0.39 is 10.8 Å². The third-order valence-electron chi connectivity index (χ3n) is 7.03. The molecule has 0 bridgehead atoms. The zero-order valence-corrected chi connectivity index (χ0v) is 15.7. The molecule has 0 unspecified atom stereocenters. The average molecular weight is 372 g/mol. The summed E-state index contributed by atoms with van der Waals surface area (Å²) in [4.78, 5) is 37.8. The molecule has 1 aliphatic heterocycles. The highest BCUT2D eigenvalue weighted by molar-refractivity contribution is 5.97. The molecule has 1 spiro atoms. The highest BCUT2D eigenvalue weighted by atomic mass is 16.5. The van der Waals surface area contributed by atoms with Crippen molar-refractivity contribution in [3.63, 3.8) is 0 Å². The molecule has 0 N–H and O–H groups in total. The first-order valence-corrected chi connectivity index (χ1v) is 9.43. The van der Waals surface area contributed by atoms with Crippen LogP contribution in [0.5, 0.6) is 0 Å². The summed E-state index contributed by atoms with van der Waals surface area (Å²) in [6.45, 7) is 2.34. The Morgan fingerprint density at radius 1 is 1.33 bits per heavy atom. The highest BCUT2D eigenvalue weighted by Gasteiger charge is 2.63. The van der Waals surface area contributed by atoms with E-state index in [-0.39, 0.29) is 36.0 Å². The Morgan fingerprint density at radius 2 is 2.15 bits per heavy atom. The summed E-state index contributed by atoms with van der Waals surface area (Å²) in [5, 5.41) is 0. The van der Waals surface area contributed by atoms with Crippen molar-refractivity contribution in [2.24, 2.45) is 22.7 Å². The fourth-order valence-corrected chi connectivity index (χ4v) is 5.76. The molecular weight excluding hydrogens is 348 g/mol. The Hall–Kier alpha value is -2.37. The maximum Gasteiger partial charge on any atom is 0.334 e. The first-order chi connectivity index (χ1) is 12.9. The summed E-state index contributed by atoms with van der Waals surface area (Å²) < 4.78 is 15.6. The van der Waals surface area contributed by atoms with Crippen LogP contribution in [0.1, 0.15) is 49.4 Å². The second-order valence-corrected chi connectivity index (χ2v) is 8.21. The lowest BCUT2D eigenvalue weighted by Gasteiger charge is -2.55. The van der Waals surface area contributed by atoms with Gasteiger partial charge in [-0.25, -0.2) is 4.79 Å². The number of hydrogen-bond donors (Lipinski definition) is 0. The number of carbonyl (C=O) groups excluding carboxylic acids is 3. The van der Waals surface area contributed by atoms with E-state index in [9.17, 15) is 14.4 Å². The number of methoxy groups -OCH3 is 1. The molecule has 1 saturated carbocycles. The number of carbonyl (C=O) groups is 3. The van der Waals surface area contributed by atoms with Crippen LogP contribution >= 0.6 is 0 Å². The molecule has 1 saturated heterocycles. The molecule has 1 aromatic rings. The quantitative estimate of drug-likeness (QED) is 0.596. The van der Waals surface area contributed by atoms with Crippen molar-refractivity contribution in [1.82, 2.24) is 0 Å². The smallest absolute Gasteiger partial charge is 0.334 e. The van der Waals surface area contributed by atoms with Crippen LogP contribution in [0, 0.1) is 22.7 Å². The Bertz CT molecular complexity index is 807. The first-order valence-electron chi connectivity index (χ1n) is 9.43. The van der Waals surface area contributed by atoms with Crippen LogP contribution < -0.4 is 0 Å². The number of cyclic esters (lactones) is 1. The van der Waals surface area contributed by atoms with Crippen molar-refractivity contribution in [2.75, 3.05) is 13.7 Å². The molecule has 6 heteroatoms. The normalized spacial score (nSPS) is 34.9. The van der Waals surface area contributed by atoms with Crippen LogP contribution in [0.4, 0.5) is 0 Å². The van der Waals surface area contributed by atoms with Crippen molar-refractivity contribution in [1.29, 1.82) is 0 Å². The predicted octanol–water partition coefficient (Wildman–Crippen LogP) is 3.32. The number of allylic oxidation sites excluding steroid dienone is 1. The van der Waals surface area contributed by atoms with Crippen LogP contribution in [-0.4, -0.2) is 31.4 Å². The lowest BCUT2D eigenvalue weighted by Crippen LogP contribution is -2.55. The molecular formula is C21H24O6. The lowest BCUT2D eigenvalue weighted by molar-refractivity contribution is -0.160. The third kappa shape index (κ3) is 2.57. The van der Waals surface area contributed by atoms with E-state index in [1.54, 1.807) is 6.07 Å². The minimum absolute atomic E-state index is 0.00477. The lowest BCUT2D eigenvalue weighted by atomic mass is 9.46. The van der Waals surface area contributed by atoms with Crippen LogP contribution in [-0.2, 0) is 19.1 Å². The number of ketones is 1. The van der Waals surface area contributed by atoms with Gasteiger partial charge in [0.1, 0.15) is 12.9 Å². The van der Waals surface area contributed by atoms with Gasteiger partial charge in [-0.05, 0) is 43.1 Å². The average Bonchev–Trinajstić information content (AvgIpc) is 3.30. The van der Waals surface area contributed by atoms with Gasteiger partial charge in [0.2, 0.25) is 0 Å². The van der Waals surface area contributed by atoms with Crippen molar-refractivity contribution in [2.45, 2.75) is 39.0 Å². The number of Topliss-reactive ketones (excluding diaryl/α,β-unsaturated/α-hetero) is 1. The van der Waals surface area contributed by atoms with Gasteiger partial charge in [0.05, 0.1) is 24.9 Å². The Labute approximate surface area is 157 Å². The van der Waals surface area contributed by atoms with Gasteiger partial charge in [0, 0.05) is 17.4 Å². The molecule has 1 aromatic heterocycles. The third-order valence-corrected chi connectivity index (χ3v) is 7.03. The summed E-state index contributed by atoms with van der Waals surface area (Å²) in [7, 11) is 1.39. The van der Waals surface area contributed by atoms with Gasteiger partial charge < -0.3 is 13.9 Å². The van der Waals surface area contributed by atoms with Gasteiger partial charge in [-0.3, -0.25) is 9.59 Å². The number of rotatable bonds is 4. The SMILES string of the molecule is COC(=O)[C@@H]1CC[C@@]23COC(=O)C2=CCC[C@@H]3[C@@]1(C)CC(=O)c1ccoc1. The summed E-state index contributed by atoms with van der Waals surface area (Å²) in [6.07, 6.45) is 7.95. The fourth-order valence-electron chi connectivity index (χ4n) is 5.76. The maximum absolute atomic E-state index is 12.9. The standard InChI is InChI=1S/C21H24O6/c1-20(10-16(22)13-7-9-26-11-13)14(18(23)25-2)6-8-21-12-27-19(24)15(21)4-3-5-17(20)21/h4,7,9,11,14,17H,3,5-6,8,10,12H2,1-2H3/t14-,17+,20-,21+/m0/s1. The van der Waals surface area contributed by atoms with Gasteiger partial charge in [-0.15, -0.1) is 0 Å². The largest absolute Gasteiger partial charge is 0.472 e. The minimum atomic E-state index is -0.618. The topological polar surface area (TPSA) is 82.8 Å². The van der Waals surface area contributed by atoms with Crippen molar-refractivity contribution < 1.29 is 28.3 Å². The van der Waals surface area contributed by atoms with E-state index in [4.69, 9.17) is 13.9 Å². The number of hydrogen-bond acceptors (Lipinski definition) is 6. The summed E-state index contributed by atoms with van der Waals surface area (Å²) >= 11 is 0. The molecule has 3 aliphatic rings. The molecule has 2 heterocycles. The Morgan fingerprint density at radius 3 is 2.85 bits per heavy atom. The molecule has 2 aliphatic carbocycles. The van der Waals surface area contributed by atoms with Crippen molar-refractivity contribution in [3.05, 3.63) is 35.8 Å². The number of ether oxygens (including phenoxy) is 2. The number of esters is 2. The second kappa shape index (κ2) is 6.36. The van der Waals surface area contributed by atoms with Crippen molar-refractivity contribution >= 4 is 17.7 Å². The maximum atomic E-state index is 12.9. The van der Waals surface area contributed by atoms with Crippen LogP contribution in [0.2, 0.25) is 0 Å². The molecule has 0 amide bonds. The summed E-state index contributed by atoms with van der Waals surface area (Å²) in [6, 6.07) is 1.64. The molecule has 4 atom stereocenters. The van der Waals surface area contributed by atoms with Gasteiger partial charge in [0.15, 0.2) is 5.78 Å². The van der Waals surface area contributed by atoms with Crippen LogP contribution in [0.3, 0.4) is 0 Å².